The second kappa shape index (κ2) is 7.59. The molecule has 9 heteroatoms. The number of fused-ring (bicyclic) bond motifs is 2. The van der Waals surface area contributed by atoms with Gasteiger partial charge in [-0.1, -0.05) is 0 Å². The van der Waals surface area contributed by atoms with Gasteiger partial charge in [-0.2, -0.15) is 10.1 Å². The van der Waals surface area contributed by atoms with Crippen molar-refractivity contribution in [3.8, 4) is 23.0 Å². The number of nitrogens with zero attached hydrogens (tertiary/aromatic N) is 6. The molecule has 0 spiro atoms. The molecule has 4 aromatic rings. The van der Waals surface area contributed by atoms with Gasteiger partial charge in [0.05, 0.1) is 35.5 Å². The van der Waals surface area contributed by atoms with Crippen LogP contribution in [-0.4, -0.2) is 62.1 Å². The molecule has 166 valence electrons. The third-order valence-electron chi connectivity index (χ3n) is 5.98. The highest BCUT2D eigenvalue weighted by Gasteiger charge is 2.23. The van der Waals surface area contributed by atoms with Gasteiger partial charge in [0.2, 0.25) is 5.88 Å². The predicted octanol–water partition coefficient (Wildman–Crippen LogP) is 2.79. The van der Waals surface area contributed by atoms with E-state index in [0.717, 1.165) is 35.1 Å². The van der Waals surface area contributed by atoms with E-state index in [1.807, 2.05) is 38.5 Å². The fraction of sp³-hybridized carbons (Fsp3) is 0.391. The lowest BCUT2D eigenvalue weighted by molar-refractivity contribution is 0.402. The van der Waals surface area contributed by atoms with Gasteiger partial charge in [-0.25, -0.2) is 9.97 Å². The Kier molecular flexibility index (Phi) is 4.85. The van der Waals surface area contributed by atoms with Gasteiger partial charge in [-0.15, -0.1) is 0 Å². The summed E-state index contributed by atoms with van der Waals surface area (Å²) in [4.78, 5) is 16.2. The van der Waals surface area contributed by atoms with E-state index < -0.39 is 0 Å². The predicted molar refractivity (Wildman–Crippen MR) is 124 cm³/mol. The van der Waals surface area contributed by atoms with Crippen LogP contribution in [0.15, 0.2) is 24.5 Å². The van der Waals surface area contributed by atoms with Crippen LogP contribution in [-0.2, 0) is 7.05 Å². The number of aromatic hydroxyl groups is 1. The van der Waals surface area contributed by atoms with Crippen molar-refractivity contribution < 1.29 is 9.84 Å². The molecule has 0 amide bonds. The van der Waals surface area contributed by atoms with Crippen LogP contribution in [0.5, 0.6) is 11.6 Å². The number of aromatic nitrogens is 5. The number of hydrogen-bond donors (Lipinski definition) is 2. The number of hydrogen-bond acceptors (Lipinski definition) is 8. The SMILES string of the molecule is COc1nc(-c2cc3cn(C)nc3c(C)c2O)nc2ncc(N3C[C@H](C)N[C@@H](C)C3)cc12. The van der Waals surface area contributed by atoms with Crippen LogP contribution in [0, 0.1) is 6.92 Å². The van der Waals surface area contributed by atoms with Crippen molar-refractivity contribution in [1.29, 1.82) is 0 Å². The zero-order valence-electron chi connectivity index (χ0n) is 18.9. The molecule has 2 atom stereocenters. The highest BCUT2D eigenvalue weighted by molar-refractivity contribution is 5.91. The van der Waals surface area contributed by atoms with Crippen LogP contribution in [0.4, 0.5) is 5.69 Å². The minimum absolute atomic E-state index is 0.109. The van der Waals surface area contributed by atoms with E-state index in [1.165, 1.54) is 0 Å². The standard InChI is InChI=1S/C23H27N7O2/c1-12-9-30(10-13(2)25-12)16-7-18-21(24-8-16)26-22(27-23(18)32-5)17-6-15-11-29(4)28-19(15)14(3)20(17)31/h6-8,11-13,25,31H,9-10H2,1-5H3/t12-,13-/m0/s1. The van der Waals surface area contributed by atoms with Gasteiger partial charge in [0, 0.05) is 49.4 Å². The largest absolute Gasteiger partial charge is 0.507 e. The Morgan fingerprint density at radius 1 is 1.16 bits per heavy atom. The minimum atomic E-state index is 0.109. The number of benzene rings is 1. The smallest absolute Gasteiger partial charge is 0.226 e. The molecule has 1 aliphatic heterocycles. The Labute approximate surface area is 186 Å². The molecule has 9 nitrogen and oxygen atoms in total. The van der Waals surface area contributed by atoms with Gasteiger partial charge in [0.1, 0.15) is 5.75 Å². The van der Waals surface area contributed by atoms with Crippen LogP contribution in [0.2, 0.25) is 0 Å². The molecule has 1 fully saturated rings. The van der Waals surface area contributed by atoms with Gasteiger partial charge in [0.15, 0.2) is 11.5 Å². The van der Waals surface area contributed by atoms with Crippen LogP contribution in [0.25, 0.3) is 33.3 Å². The molecule has 0 radical (unpaired) electrons. The molecule has 0 unspecified atom stereocenters. The molecule has 0 aliphatic carbocycles. The Bertz CT molecular complexity index is 1320. The zero-order chi connectivity index (χ0) is 22.6. The van der Waals surface area contributed by atoms with Crippen LogP contribution in [0.1, 0.15) is 19.4 Å². The van der Waals surface area contributed by atoms with Crippen molar-refractivity contribution >= 4 is 27.6 Å². The molecule has 2 N–H and O–H groups in total. The minimum Gasteiger partial charge on any atom is -0.507 e. The summed E-state index contributed by atoms with van der Waals surface area (Å²) in [6, 6.07) is 4.67. The number of methoxy groups -OCH3 is 1. The van der Waals surface area contributed by atoms with Crippen LogP contribution < -0.4 is 15.0 Å². The lowest BCUT2D eigenvalue weighted by Crippen LogP contribution is -2.54. The first-order valence-electron chi connectivity index (χ1n) is 10.7. The fourth-order valence-electron chi connectivity index (χ4n) is 4.57. The monoisotopic (exact) mass is 433 g/mol. The first-order chi connectivity index (χ1) is 15.3. The molecule has 0 bridgehead atoms. The number of rotatable bonds is 3. The molecule has 1 aliphatic rings. The number of piperazine rings is 1. The summed E-state index contributed by atoms with van der Waals surface area (Å²) >= 11 is 0. The highest BCUT2D eigenvalue weighted by atomic mass is 16.5. The molecular weight excluding hydrogens is 406 g/mol. The number of phenolic OH excluding ortho intramolecular Hbond substituents is 1. The summed E-state index contributed by atoms with van der Waals surface area (Å²) in [6.45, 7) is 8.00. The topological polar surface area (TPSA) is 101 Å². The van der Waals surface area contributed by atoms with E-state index >= 15 is 0 Å². The molecule has 32 heavy (non-hydrogen) atoms. The fourth-order valence-corrected chi connectivity index (χ4v) is 4.57. The van der Waals surface area contributed by atoms with E-state index in [1.54, 1.807) is 11.8 Å². The lowest BCUT2D eigenvalue weighted by atomic mass is 10.1. The summed E-state index contributed by atoms with van der Waals surface area (Å²) < 4.78 is 7.34. The third kappa shape index (κ3) is 3.38. The van der Waals surface area contributed by atoms with Crippen molar-refractivity contribution in [1.82, 2.24) is 30.0 Å². The van der Waals surface area contributed by atoms with Crippen molar-refractivity contribution in [3.05, 3.63) is 30.1 Å². The molecule has 4 heterocycles. The van der Waals surface area contributed by atoms with Gasteiger partial charge in [-0.05, 0) is 32.9 Å². The Hall–Kier alpha value is -3.46. The second-order valence-electron chi connectivity index (χ2n) is 8.63. The molecular formula is C23H27N7O2. The molecule has 1 saturated heterocycles. The average molecular weight is 434 g/mol. The van der Waals surface area contributed by atoms with E-state index in [0.29, 0.717) is 40.6 Å². The van der Waals surface area contributed by atoms with Crippen LogP contribution >= 0.6 is 0 Å². The maximum Gasteiger partial charge on any atom is 0.226 e. The summed E-state index contributed by atoms with van der Waals surface area (Å²) in [5.41, 5.74) is 3.51. The first kappa shape index (κ1) is 20.4. The molecule has 1 aromatic carbocycles. The maximum absolute atomic E-state index is 10.9. The number of pyridine rings is 1. The van der Waals surface area contributed by atoms with Crippen molar-refractivity contribution in [2.24, 2.45) is 7.05 Å². The summed E-state index contributed by atoms with van der Waals surface area (Å²) in [7, 11) is 3.44. The third-order valence-corrected chi connectivity index (χ3v) is 5.98. The number of ether oxygens (including phenoxy) is 1. The Balaban J connectivity index is 1.62. The average Bonchev–Trinajstić information content (AvgIpc) is 3.15. The van der Waals surface area contributed by atoms with E-state index in [4.69, 9.17) is 4.74 Å². The lowest BCUT2D eigenvalue weighted by Gasteiger charge is -2.37. The highest BCUT2D eigenvalue weighted by Crippen LogP contribution is 2.37. The summed E-state index contributed by atoms with van der Waals surface area (Å²) in [6.07, 6.45) is 3.75. The second-order valence-corrected chi connectivity index (χ2v) is 8.63. The van der Waals surface area contributed by atoms with E-state index in [-0.39, 0.29) is 5.75 Å². The van der Waals surface area contributed by atoms with E-state index in [2.05, 4.69) is 44.1 Å². The molecule has 5 rings (SSSR count). The number of anilines is 1. The number of aryl methyl sites for hydroxylation is 2. The summed E-state index contributed by atoms with van der Waals surface area (Å²) in [5.74, 6) is 0.905. The number of nitrogens with one attached hydrogen (secondary N) is 1. The van der Waals surface area contributed by atoms with Gasteiger partial charge in [-0.3, -0.25) is 4.68 Å². The Morgan fingerprint density at radius 2 is 1.91 bits per heavy atom. The van der Waals surface area contributed by atoms with Gasteiger partial charge >= 0.3 is 0 Å². The van der Waals surface area contributed by atoms with E-state index in [9.17, 15) is 5.11 Å². The quantitative estimate of drug-likeness (QED) is 0.509. The molecule has 0 saturated carbocycles. The van der Waals surface area contributed by atoms with Gasteiger partial charge in [0.25, 0.3) is 0 Å². The maximum atomic E-state index is 10.9. The normalized spacial score (nSPS) is 19.1. The number of phenols is 1. The molecule has 3 aromatic heterocycles. The van der Waals surface area contributed by atoms with Crippen molar-refractivity contribution in [2.45, 2.75) is 32.9 Å². The van der Waals surface area contributed by atoms with Crippen molar-refractivity contribution in [2.75, 3.05) is 25.1 Å². The van der Waals surface area contributed by atoms with Crippen LogP contribution in [0.3, 0.4) is 0 Å². The first-order valence-corrected chi connectivity index (χ1v) is 10.7. The van der Waals surface area contributed by atoms with Gasteiger partial charge < -0.3 is 20.1 Å². The summed E-state index contributed by atoms with van der Waals surface area (Å²) in [5, 5.41) is 20.5. The van der Waals surface area contributed by atoms with Crippen molar-refractivity contribution in [3.63, 3.8) is 0 Å². The zero-order valence-corrected chi connectivity index (χ0v) is 18.9. The Morgan fingerprint density at radius 3 is 2.62 bits per heavy atom.